The van der Waals surface area contributed by atoms with Gasteiger partial charge in [-0.15, -0.1) is 0 Å². The number of hydrogen-bond acceptors (Lipinski definition) is 4. The molecule has 0 radical (unpaired) electrons. The molecule has 2 aromatic heterocycles. The fourth-order valence-corrected chi connectivity index (χ4v) is 2.29. The van der Waals surface area contributed by atoms with Gasteiger partial charge in [0.15, 0.2) is 0 Å². The molecule has 0 spiro atoms. The number of anilines is 1. The molecule has 0 unspecified atom stereocenters. The van der Waals surface area contributed by atoms with Crippen molar-refractivity contribution < 1.29 is 0 Å². The van der Waals surface area contributed by atoms with E-state index in [0.717, 1.165) is 42.5 Å². The van der Waals surface area contributed by atoms with Crippen molar-refractivity contribution in [3.05, 3.63) is 35.8 Å². The molecule has 0 saturated carbocycles. The summed E-state index contributed by atoms with van der Waals surface area (Å²) in [5, 5.41) is 0. The van der Waals surface area contributed by atoms with E-state index >= 15 is 0 Å². The summed E-state index contributed by atoms with van der Waals surface area (Å²) in [5.74, 6) is 3.40. The van der Waals surface area contributed by atoms with Crippen LogP contribution in [0.2, 0.25) is 0 Å². The predicted molar refractivity (Wildman–Crippen MR) is 85.7 cm³/mol. The topological polar surface area (TPSA) is 46.8 Å². The van der Waals surface area contributed by atoms with E-state index in [1.807, 2.05) is 26.4 Å². The second-order valence-electron chi connectivity index (χ2n) is 5.83. The Morgan fingerprint density at radius 3 is 2.67 bits per heavy atom. The van der Waals surface area contributed by atoms with E-state index in [0.29, 0.717) is 5.92 Å². The third kappa shape index (κ3) is 4.03. The van der Waals surface area contributed by atoms with Crippen LogP contribution in [0, 0.1) is 6.92 Å². The van der Waals surface area contributed by atoms with E-state index in [1.165, 1.54) is 0 Å². The third-order valence-corrected chi connectivity index (χ3v) is 3.64. The zero-order valence-electron chi connectivity index (χ0n) is 13.7. The molecule has 2 rings (SSSR count). The third-order valence-electron chi connectivity index (χ3n) is 3.64. The van der Waals surface area contributed by atoms with E-state index < -0.39 is 0 Å². The van der Waals surface area contributed by atoms with Crippen molar-refractivity contribution in [2.24, 2.45) is 7.05 Å². The summed E-state index contributed by atoms with van der Waals surface area (Å²) in [4.78, 5) is 15.6. The van der Waals surface area contributed by atoms with Gasteiger partial charge in [-0.2, -0.15) is 0 Å². The number of aromatic nitrogens is 4. The van der Waals surface area contributed by atoms with Crippen molar-refractivity contribution in [3.8, 4) is 0 Å². The van der Waals surface area contributed by atoms with E-state index in [1.54, 1.807) is 0 Å². The molecule has 0 saturated heterocycles. The zero-order valence-corrected chi connectivity index (χ0v) is 13.7. The highest BCUT2D eigenvalue weighted by molar-refractivity contribution is 5.39. The molecule has 0 aliphatic heterocycles. The average molecular weight is 287 g/mol. The Labute approximate surface area is 127 Å². The van der Waals surface area contributed by atoms with Crippen LogP contribution in [0.25, 0.3) is 0 Å². The standard InChI is InChI=1S/C16H25N5/c1-12(2)14-11-16(19-13(3)18-14)20(4)9-6-7-15-17-8-10-21(15)5/h8,10-12H,6-7,9H2,1-5H3. The van der Waals surface area contributed by atoms with Crippen LogP contribution in [-0.2, 0) is 13.5 Å². The lowest BCUT2D eigenvalue weighted by Crippen LogP contribution is -2.21. The highest BCUT2D eigenvalue weighted by Crippen LogP contribution is 2.18. The molecular weight excluding hydrogens is 262 g/mol. The maximum atomic E-state index is 4.54. The van der Waals surface area contributed by atoms with Crippen LogP contribution >= 0.6 is 0 Å². The van der Waals surface area contributed by atoms with Crippen molar-refractivity contribution in [2.45, 2.75) is 39.5 Å². The highest BCUT2D eigenvalue weighted by Gasteiger charge is 2.09. The fourth-order valence-electron chi connectivity index (χ4n) is 2.29. The van der Waals surface area contributed by atoms with Gasteiger partial charge in [-0.1, -0.05) is 13.8 Å². The molecule has 2 aromatic rings. The van der Waals surface area contributed by atoms with Gasteiger partial charge in [-0.05, 0) is 19.3 Å². The summed E-state index contributed by atoms with van der Waals surface area (Å²) < 4.78 is 2.08. The van der Waals surface area contributed by atoms with Gasteiger partial charge in [0.25, 0.3) is 0 Å². The van der Waals surface area contributed by atoms with Gasteiger partial charge in [0.1, 0.15) is 17.5 Å². The molecule has 0 atom stereocenters. The van der Waals surface area contributed by atoms with Crippen LogP contribution in [-0.4, -0.2) is 33.1 Å². The normalized spacial score (nSPS) is 11.1. The average Bonchev–Trinajstić information content (AvgIpc) is 2.83. The molecule has 0 aliphatic rings. The molecule has 5 nitrogen and oxygen atoms in total. The lowest BCUT2D eigenvalue weighted by atomic mass is 10.1. The van der Waals surface area contributed by atoms with Crippen LogP contribution in [0.1, 0.15) is 43.5 Å². The highest BCUT2D eigenvalue weighted by atomic mass is 15.2. The largest absolute Gasteiger partial charge is 0.360 e. The van der Waals surface area contributed by atoms with E-state index in [9.17, 15) is 0 Å². The first-order valence-corrected chi connectivity index (χ1v) is 7.50. The summed E-state index contributed by atoms with van der Waals surface area (Å²) in [6, 6.07) is 2.10. The summed E-state index contributed by atoms with van der Waals surface area (Å²) in [6.45, 7) is 7.23. The Balaban J connectivity index is 1.97. The molecule has 114 valence electrons. The minimum atomic E-state index is 0.423. The van der Waals surface area contributed by atoms with Crippen LogP contribution in [0.15, 0.2) is 18.5 Å². The van der Waals surface area contributed by atoms with Gasteiger partial charge in [0, 0.05) is 51.2 Å². The van der Waals surface area contributed by atoms with E-state index in [2.05, 4.69) is 51.4 Å². The Morgan fingerprint density at radius 1 is 1.29 bits per heavy atom. The number of hydrogen-bond donors (Lipinski definition) is 0. The lowest BCUT2D eigenvalue weighted by molar-refractivity contribution is 0.706. The summed E-state index contributed by atoms with van der Waals surface area (Å²) >= 11 is 0. The molecule has 0 fully saturated rings. The SMILES string of the molecule is Cc1nc(C(C)C)cc(N(C)CCCc2nccn2C)n1. The first kappa shape index (κ1) is 15.5. The van der Waals surface area contributed by atoms with Crippen LogP contribution in [0.5, 0.6) is 0 Å². The van der Waals surface area contributed by atoms with Crippen molar-refractivity contribution >= 4 is 5.82 Å². The summed E-state index contributed by atoms with van der Waals surface area (Å²) in [7, 11) is 4.12. The minimum absolute atomic E-state index is 0.423. The predicted octanol–water partition coefficient (Wildman–Crippen LogP) is 2.71. The monoisotopic (exact) mass is 287 g/mol. The molecule has 0 N–H and O–H groups in total. The number of imidazole rings is 1. The van der Waals surface area contributed by atoms with Crippen molar-refractivity contribution in [3.63, 3.8) is 0 Å². The molecule has 0 amide bonds. The van der Waals surface area contributed by atoms with Crippen molar-refractivity contribution in [2.75, 3.05) is 18.5 Å². The molecule has 0 bridgehead atoms. The first-order chi connectivity index (χ1) is 9.97. The van der Waals surface area contributed by atoms with Crippen LogP contribution in [0.3, 0.4) is 0 Å². The summed E-state index contributed by atoms with van der Waals surface area (Å²) in [5.41, 5.74) is 1.11. The Morgan fingerprint density at radius 2 is 2.05 bits per heavy atom. The Hall–Kier alpha value is -1.91. The van der Waals surface area contributed by atoms with Gasteiger partial charge >= 0.3 is 0 Å². The molecule has 0 aromatic carbocycles. The molecular formula is C16H25N5. The van der Waals surface area contributed by atoms with Gasteiger partial charge in [-0.25, -0.2) is 15.0 Å². The van der Waals surface area contributed by atoms with Crippen molar-refractivity contribution in [1.29, 1.82) is 0 Å². The maximum Gasteiger partial charge on any atom is 0.132 e. The van der Waals surface area contributed by atoms with Crippen LogP contribution in [0.4, 0.5) is 5.82 Å². The number of rotatable bonds is 6. The maximum absolute atomic E-state index is 4.54. The molecule has 2 heterocycles. The Bertz CT molecular complexity index is 588. The van der Waals surface area contributed by atoms with Crippen molar-refractivity contribution in [1.82, 2.24) is 19.5 Å². The van der Waals surface area contributed by atoms with E-state index in [-0.39, 0.29) is 0 Å². The molecule has 0 aliphatic carbocycles. The first-order valence-electron chi connectivity index (χ1n) is 7.50. The fraction of sp³-hybridized carbons (Fsp3) is 0.562. The van der Waals surface area contributed by atoms with Gasteiger partial charge in [0.05, 0.1) is 0 Å². The summed E-state index contributed by atoms with van der Waals surface area (Å²) in [6.07, 6.45) is 5.87. The van der Waals surface area contributed by atoms with Crippen LogP contribution < -0.4 is 4.90 Å². The Kier molecular flexibility index (Phi) is 4.94. The van der Waals surface area contributed by atoms with Gasteiger partial charge < -0.3 is 9.47 Å². The number of nitrogens with zero attached hydrogens (tertiary/aromatic N) is 5. The second-order valence-corrected chi connectivity index (χ2v) is 5.83. The van der Waals surface area contributed by atoms with Gasteiger partial charge in [-0.3, -0.25) is 0 Å². The van der Waals surface area contributed by atoms with Gasteiger partial charge in [0.2, 0.25) is 0 Å². The molecule has 21 heavy (non-hydrogen) atoms. The second kappa shape index (κ2) is 6.70. The van der Waals surface area contributed by atoms with E-state index in [4.69, 9.17) is 0 Å². The number of aryl methyl sites for hydroxylation is 3. The minimum Gasteiger partial charge on any atom is -0.360 e. The zero-order chi connectivity index (χ0) is 15.4. The quantitative estimate of drug-likeness (QED) is 0.819. The lowest BCUT2D eigenvalue weighted by Gasteiger charge is -2.19. The molecule has 5 heteroatoms. The smallest absolute Gasteiger partial charge is 0.132 e.